The lowest BCUT2D eigenvalue weighted by Gasteiger charge is -2.14. The molecule has 0 bridgehead atoms. The first-order chi connectivity index (χ1) is 15.9. The molecule has 0 atom stereocenters. The number of anilines is 2. The van der Waals surface area contributed by atoms with E-state index in [0.717, 1.165) is 0 Å². The van der Waals surface area contributed by atoms with E-state index in [-0.39, 0.29) is 22.1 Å². The van der Waals surface area contributed by atoms with E-state index in [1.54, 1.807) is 49.5 Å². The number of para-hydroxylation sites is 1. The number of nitrogens with zero attached hydrogens (tertiary/aromatic N) is 2. The highest BCUT2D eigenvalue weighted by molar-refractivity contribution is 7.93. The van der Waals surface area contributed by atoms with Crippen LogP contribution in [0.1, 0.15) is 15.9 Å². The summed E-state index contributed by atoms with van der Waals surface area (Å²) in [5, 5.41) is 10.6. The third kappa shape index (κ3) is 3.45. The Morgan fingerprint density at radius 2 is 1.76 bits per heavy atom. The van der Waals surface area contributed by atoms with Crippen molar-refractivity contribution in [1.29, 1.82) is 5.26 Å². The lowest BCUT2D eigenvalue weighted by atomic mass is 10.1. The summed E-state index contributed by atoms with van der Waals surface area (Å²) in [5.41, 5.74) is 1.55. The molecule has 0 radical (unpaired) electrons. The van der Waals surface area contributed by atoms with Gasteiger partial charge in [0.1, 0.15) is 17.6 Å². The van der Waals surface area contributed by atoms with Gasteiger partial charge in [-0.05, 0) is 48.5 Å². The molecular formula is C25H17N3O4S. The fraction of sp³-hybridized carbons (Fsp3) is 0.0400. The van der Waals surface area contributed by atoms with Gasteiger partial charge in [0.25, 0.3) is 15.9 Å². The van der Waals surface area contributed by atoms with Crippen molar-refractivity contribution < 1.29 is 17.9 Å². The SMILES string of the molecule is CN1C(=O)c2cccc3c(S(=O)(=O)Nc4ccc(Oc5ccccc5)c(C#N)c4)ccc1c23. The minimum absolute atomic E-state index is 0.0503. The van der Waals surface area contributed by atoms with Gasteiger partial charge >= 0.3 is 0 Å². The highest BCUT2D eigenvalue weighted by atomic mass is 32.2. The molecule has 33 heavy (non-hydrogen) atoms. The number of nitrogens with one attached hydrogen (secondary N) is 1. The molecule has 1 aliphatic heterocycles. The Morgan fingerprint density at radius 1 is 0.970 bits per heavy atom. The minimum atomic E-state index is -4.01. The van der Waals surface area contributed by atoms with Crippen LogP contribution in [0.25, 0.3) is 10.8 Å². The number of rotatable bonds is 5. The van der Waals surface area contributed by atoms with Gasteiger partial charge in [0.05, 0.1) is 21.8 Å². The quantitative estimate of drug-likeness (QED) is 0.462. The molecule has 1 amide bonds. The third-order valence-corrected chi connectivity index (χ3v) is 6.93. The van der Waals surface area contributed by atoms with E-state index >= 15 is 0 Å². The zero-order valence-corrected chi connectivity index (χ0v) is 18.3. The van der Waals surface area contributed by atoms with Crippen LogP contribution >= 0.6 is 0 Å². The Bertz CT molecular complexity index is 1580. The lowest BCUT2D eigenvalue weighted by molar-refractivity contribution is 0.0999. The fourth-order valence-electron chi connectivity index (χ4n) is 3.94. The van der Waals surface area contributed by atoms with E-state index in [4.69, 9.17) is 4.74 Å². The zero-order valence-electron chi connectivity index (χ0n) is 17.4. The highest BCUT2D eigenvalue weighted by Crippen LogP contribution is 2.39. The molecule has 4 aromatic rings. The Balaban J connectivity index is 1.51. The number of hydrogen-bond acceptors (Lipinski definition) is 5. The van der Waals surface area contributed by atoms with E-state index < -0.39 is 10.0 Å². The molecule has 8 heteroatoms. The second-order valence-corrected chi connectivity index (χ2v) is 9.17. The van der Waals surface area contributed by atoms with E-state index in [9.17, 15) is 18.5 Å². The molecule has 162 valence electrons. The number of amides is 1. The fourth-order valence-corrected chi connectivity index (χ4v) is 5.19. The average molecular weight is 455 g/mol. The summed E-state index contributed by atoms with van der Waals surface area (Å²) < 4.78 is 34.8. The number of carbonyl (C=O) groups is 1. The first kappa shape index (κ1) is 20.5. The molecule has 7 nitrogen and oxygen atoms in total. The van der Waals surface area contributed by atoms with E-state index in [2.05, 4.69) is 4.72 Å². The molecule has 0 saturated carbocycles. The summed E-state index contributed by atoms with van der Waals surface area (Å²) in [6, 6.07) is 23.7. The third-order valence-electron chi connectivity index (χ3n) is 5.49. The minimum Gasteiger partial charge on any atom is -0.456 e. The van der Waals surface area contributed by atoms with E-state index in [0.29, 0.717) is 33.5 Å². The van der Waals surface area contributed by atoms with Crippen LogP contribution in [0.15, 0.2) is 83.8 Å². The van der Waals surface area contributed by atoms with Crippen LogP contribution in [0.3, 0.4) is 0 Å². The molecule has 1 aliphatic rings. The molecule has 0 spiro atoms. The smallest absolute Gasteiger partial charge is 0.262 e. The Morgan fingerprint density at radius 3 is 2.52 bits per heavy atom. The van der Waals surface area contributed by atoms with Crippen molar-refractivity contribution in [2.75, 3.05) is 16.7 Å². The molecule has 1 heterocycles. The summed E-state index contributed by atoms with van der Waals surface area (Å²) in [5.74, 6) is 0.707. The predicted octanol–water partition coefficient (Wildman–Crippen LogP) is 4.89. The topological polar surface area (TPSA) is 99.5 Å². The lowest BCUT2D eigenvalue weighted by Crippen LogP contribution is -2.20. The average Bonchev–Trinajstić information content (AvgIpc) is 3.07. The van der Waals surface area contributed by atoms with Gasteiger partial charge in [-0.3, -0.25) is 9.52 Å². The molecule has 0 aromatic heterocycles. The van der Waals surface area contributed by atoms with E-state index in [1.165, 1.54) is 23.1 Å². The number of sulfonamides is 1. The first-order valence-corrected chi connectivity index (χ1v) is 11.5. The van der Waals surface area contributed by atoms with Crippen molar-refractivity contribution in [2.24, 2.45) is 0 Å². The zero-order chi connectivity index (χ0) is 23.2. The van der Waals surface area contributed by atoms with Gasteiger partial charge in [-0.2, -0.15) is 5.26 Å². The van der Waals surface area contributed by atoms with Crippen molar-refractivity contribution in [3.63, 3.8) is 0 Å². The summed E-state index contributed by atoms with van der Waals surface area (Å²) >= 11 is 0. The summed E-state index contributed by atoms with van der Waals surface area (Å²) in [4.78, 5) is 14.0. The summed E-state index contributed by atoms with van der Waals surface area (Å²) in [7, 11) is -2.35. The van der Waals surface area contributed by atoms with Crippen LogP contribution in [-0.2, 0) is 10.0 Å². The van der Waals surface area contributed by atoms with Gasteiger partial charge in [-0.1, -0.05) is 30.3 Å². The molecule has 5 rings (SSSR count). The van der Waals surface area contributed by atoms with Gasteiger partial charge in [0.15, 0.2) is 0 Å². The van der Waals surface area contributed by atoms with Crippen LogP contribution in [0, 0.1) is 11.3 Å². The van der Waals surface area contributed by atoms with Crippen molar-refractivity contribution in [1.82, 2.24) is 0 Å². The van der Waals surface area contributed by atoms with Gasteiger partial charge in [-0.25, -0.2) is 8.42 Å². The van der Waals surface area contributed by atoms with Crippen molar-refractivity contribution in [2.45, 2.75) is 4.90 Å². The largest absolute Gasteiger partial charge is 0.456 e. The number of ether oxygens (including phenoxy) is 1. The molecule has 0 fully saturated rings. The Labute approximate surface area is 190 Å². The van der Waals surface area contributed by atoms with Crippen molar-refractivity contribution >= 4 is 38.1 Å². The molecule has 0 saturated heterocycles. The van der Waals surface area contributed by atoms with Crippen LogP contribution in [0.5, 0.6) is 11.5 Å². The standard InChI is InChI=1S/C25H17N3O4S/c1-28-21-11-13-23(19-8-5-9-20(24(19)21)25(28)29)33(30,31)27-17-10-12-22(16(14-17)15-26)32-18-6-3-2-4-7-18/h2-14,27H,1H3. The number of hydrogen-bond donors (Lipinski definition) is 1. The number of benzene rings is 4. The molecule has 0 aliphatic carbocycles. The van der Waals surface area contributed by atoms with Gasteiger partial charge in [-0.15, -0.1) is 0 Å². The van der Waals surface area contributed by atoms with Crippen molar-refractivity contribution in [3.05, 3.63) is 90.0 Å². The molecule has 4 aromatic carbocycles. The molecule has 0 unspecified atom stereocenters. The normalized spacial score (nSPS) is 12.6. The highest BCUT2D eigenvalue weighted by Gasteiger charge is 2.30. The predicted molar refractivity (Wildman–Crippen MR) is 125 cm³/mol. The van der Waals surface area contributed by atoms with Crippen molar-refractivity contribution in [3.8, 4) is 17.6 Å². The number of nitriles is 1. The Hall–Kier alpha value is -4.35. The molecule has 1 N–H and O–H groups in total. The van der Waals surface area contributed by atoms with Crippen LogP contribution in [-0.4, -0.2) is 21.4 Å². The Kier molecular flexibility index (Phi) is 4.77. The van der Waals surface area contributed by atoms with Crippen LogP contribution < -0.4 is 14.4 Å². The summed E-state index contributed by atoms with van der Waals surface area (Å²) in [6.07, 6.45) is 0. The van der Waals surface area contributed by atoms with Gasteiger partial charge < -0.3 is 9.64 Å². The van der Waals surface area contributed by atoms with Gasteiger partial charge in [0, 0.05) is 23.4 Å². The maximum Gasteiger partial charge on any atom is 0.262 e. The number of carbonyl (C=O) groups excluding carboxylic acids is 1. The van der Waals surface area contributed by atoms with Gasteiger partial charge in [0.2, 0.25) is 0 Å². The maximum absolute atomic E-state index is 13.3. The monoisotopic (exact) mass is 455 g/mol. The van der Waals surface area contributed by atoms with Crippen LogP contribution in [0.4, 0.5) is 11.4 Å². The summed E-state index contributed by atoms with van der Waals surface area (Å²) in [6.45, 7) is 0. The van der Waals surface area contributed by atoms with E-state index in [1.807, 2.05) is 24.3 Å². The molecular weight excluding hydrogens is 438 g/mol. The maximum atomic E-state index is 13.3. The first-order valence-electron chi connectivity index (χ1n) is 10.0. The second kappa shape index (κ2) is 7.65. The second-order valence-electron chi connectivity index (χ2n) is 7.52. The van der Waals surface area contributed by atoms with Crippen LogP contribution in [0.2, 0.25) is 0 Å².